The second-order valence-electron chi connectivity index (χ2n) is 1.75. The number of hydrogen-bond acceptors (Lipinski definition) is 4. The molecule has 4 heteroatoms. The van der Waals surface area contributed by atoms with Gasteiger partial charge in [-0.2, -0.15) is 0 Å². The normalized spacial score (nSPS) is 9.70. The van der Waals surface area contributed by atoms with Crippen molar-refractivity contribution in [1.82, 2.24) is 0 Å². The topological polar surface area (TPSA) is 70.7 Å². The minimum atomic E-state index is -0.330. The number of aldehydes is 1. The standard InChI is InChI=1S/C6H6O4/c7-1-4-3-10-5(2-8)6(4)9/h2-3,7,9H,1H2. The quantitative estimate of drug-likeness (QED) is 0.582. The molecular weight excluding hydrogens is 136 g/mol. The zero-order valence-corrected chi connectivity index (χ0v) is 5.07. The summed E-state index contributed by atoms with van der Waals surface area (Å²) in [5.41, 5.74) is 0.224. The second kappa shape index (κ2) is 2.53. The molecule has 0 aromatic carbocycles. The average molecular weight is 142 g/mol. The van der Waals surface area contributed by atoms with Crippen molar-refractivity contribution in [2.75, 3.05) is 0 Å². The molecular formula is C6H6O4. The smallest absolute Gasteiger partial charge is 0.208 e. The Labute approximate surface area is 56.7 Å². The molecule has 10 heavy (non-hydrogen) atoms. The lowest BCUT2D eigenvalue weighted by Crippen LogP contribution is -1.79. The second-order valence-corrected chi connectivity index (χ2v) is 1.75. The Hall–Kier alpha value is -1.29. The Morgan fingerprint density at radius 2 is 2.40 bits per heavy atom. The molecule has 0 aliphatic heterocycles. The van der Waals surface area contributed by atoms with Crippen molar-refractivity contribution in [2.24, 2.45) is 0 Å². The molecule has 0 radical (unpaired) electrons. The van der Waals surface area contributed by atoms with Gasteiger partial charge in [0.25, 0.3) is 0 Å². The summed E-state index contributed by atoms with van der Waals surface area (Å²) in [5, 5.41) is 17.4. The highest BCUT2D eigenvalue weighted by molar-refractivity contribution is 5.75. The summed E-state index contributed by atoms with van der Waals surface area (Å²) in [6.07, 6.45) is 1.52. The van der Waals surface area contributed by atoms with Crippen molar-refractivity contribution >= 4 is 6.29 Å². The van der Waals surface area contributed by atoms with Gasteiger partial charge in [-0.1, -0.05) is 0 Å². The van der Waals surface area contributed by atoms with Gasteiger partial charge in [0.2, 0.25) is 5.76 Å². The molecule has 0 fully saturated rings. The zero-order chi connectivity index (χ0) is 7.56. The van der Waals surface area contributed by atoms with Gasteiger partial charge in [0.1, 0.15) is 6.26 Å². The molecule has 54 valence electrons. The van der Waals surface area contributed by atoms with Crippen molar-refractivity contribution < 1.29 is 19.4 Å². The SMILES string of the molecule is O=Cc1occ(CO)c1O. The summed E-state index contributed by atoms with van der Waals surface area (Å²) in [7, 11) is 0. The van der Waals surface area contributed by atoms with E-state index >= 15 is 0 Å². The van der Waals surface area contributed by atoms with Crippen molar-refractivity contribution in [3.63, 3.8) is 0 Å². The number of furan rings is 1. The van der Waals surface area contributed by atoms with Gasteiger partial charge in [-0.05, 0) is 0 Å². The van der Waals surface area contributed by atoms with E-state index in [1.54, 1.807) is 0 Å². The lowest BCUT2D eigenvalue weighted by molar-refractivity contribution is 0.109. The Balaban J connectivity index is 3.08. The van der Waals surface area contributed by atoms with E-state index in [0.717, 1.165) is 6.26 Å². The molecule has 0 atom stereocenters. The molecule has 0 spiro atoms. The molecule has 0 saturated heterocycles. The van der Waals surface area contributed by atoms with Crippen LogP contribution in [0, 0.1) is 0 Å². The van der Waals surface area contributed by atoms with Crippen molar-refractivity contribution in [3.05, 3.63) is 17.6 Å². The molecule has 0 amide bonds. The van der Waals surface area contributed by atoms with Gasteiger partial charge in [0, 0.05) is 0 Å². The van der Waals surface area contributed by atoms with Gasteiger partial charge in [0.15, 0.2) is 12.0 Å². The lowest BCUT2D eigenvalue weighted by atomic mass is 10.3. The van der Waals surface area contributed by atoms with E-state index < -0.39 is 0 Å². The van der Waals surface area contributed by atoms with Crippen LogP contribution < -0.4 is 0 Å². The fourth-order valence-corrected chi connectivity index (χ4v) is 0.600. The van der Waals surface area contributed by atoms with Crippen LogP contribution in [0.4, 0.5) is 0 Å². The Morgan fingerprint density at radius 3 is 2.70 bits per heavy atom. The summed E-state index contributed by atoms with van der Waals surface area (Å²) in [4.78, 5) is 10.0. The number of carbonyl (C=O) groups is 1. The number of aliphatic hydroxyl groups excluding tert-OH is 1. The Kier molecular flexibility index (Phi) is 1.73. The molecule has 0 aliphatic carbocycles. The number of aromatic hydroxyl groups is 1. The van der Waals surface area contributed by atoms with Gasteiger partial charge in [-0.15, -0.1) is 0 Å². The molecule has 0 bridgehead atoms. The van der Waals surface area contributed by atoms with Gasteiger partial charge in [0.05, 0.1) is 12.2 Å². The van der Waals surface area contributed by atoms with Crippen LogP contribution in [0.1, 0.15) is 16.1 Å². The molecule has 1 rings (SSSR count). The van der Waals surface area contributed by atoms with Gasteiger partial charge in [-0.25, -0.2) is 0 Å². The van der Waals surface area contributed by atoms with E-state index in [4.69, 9.17) is 10.2 Å². The molecule has 0 aliphatic rings. The predicted molar refractivity (Wildman–Crippen MR) is 31.7 cm³/mol. The third-order valence-corrected chi connectivity index (χ3v) is 1.14. The summed E-state index contributed by atoms with van der Waals surface area (Å²) >= 11 is 0. The summed E-state index contributed by atoms with van der Waals surface area (Å²) in [6.45, 7) is -0.330. The largest absolute Gasteiger partial charge is 0.504 e. The monoisotopic (exact) mass is 142 g/mol. The molecule has 2 N–H and O–H groups in total. The molecule has 1 aromatic rings. The minimum Gasteiger partial charge on any atom is -0.504 e. The fraction of sp³-hybridized carbons (Fsp3) is 0.167. The van der Waals surface area contributed by atoms with Crippen LogP contribution in [0.25, 0.3) is 0 Å². The predicted octanol–water partition coefficient (Wildman–Crippen LogP) is 0.290. The average Bonchev–Trinajstić information content (AvgIpc) is 2.30. The van der Waals surface area contributed by atoms with E-state index in [0.29, 0.717) is 6.29 Å². The van der Waals surface area contributed by atoms with Gasteiger partial charge in [-0.3, -0.25) is 4.79 Å². The van der Waals surface area contributed by atoms with E-state index in [1.165, 1.54) is 0 Å². The maximum Gasteiger partial charge on any atom is 0.208 e. The van der Waals surface area contributed by atoms with Crippen LogP contribution in [0.5, 0.6) is 5.75 Å². The number of hydrogen-bond donors (Lipinski definition) is 2. The highest BCUT2D eigenvalue weighted by atomic mass is 16.4. The third kappa shape index (κ3) is 0.886. The van der Waals surface area contributed by atoms with E-state index in [1.807, 2.05) is 0 Å². The first-order valence-electron chi connectivity index (χ1n) is 2.65. The van der Waals surface area contributed by atoms with E-state index in [2.05, 4.69) is 4.42 Å². The lowest BCUT2D eigenvalue weighted by Gasteiger charge is -1.87. The first-order valence-corrected chi connectivity index (χ1v) is 2.65. The molecule has 1 aromatic heterocycles. The highest BCUT2D eigenvalue weighted by Crippen LogP contribution is 2.22. The molecule has 0 saturated carbocycles. The molecule has 0 unspecified atom stereocenters. The number of carbonyl (C=O) groups excluding carboxylic acids is 1. The van der Waals surface area contributed by atoms with Crippen molar-refractivity contribution in [2.45, 2.75) is 6.61 Å². The molecule has 4 nitrogen and oxygen atoms in total. The number of aliphatic hydroxyl groups is 1. The van der Waals surface area contributed by atoms with Crippen molar-refractivity contribution in [1.29, 1.82) is 0 Å². The van der Waals surface area contributed by atoms with E-state index in [9.17, 15) is 4.79 Å². The van der Waals surface area contributed by atoms with Crippen LogP contribution in [0.2, 0.25) is 0 Å². The molecule has 1 heterocycles. The third-order valence-electron chi connectivity index (χ3n) is 1.14. The fourth-order valence-electron chi connectivity index (χ4n) is 0.600. The Morgan fingerprint density at radius 1 is 1.70 bits per heavy atom. The van der Waals surface area contributed by atoms with Crippen LogP contribution in [0.3, 0.4) is 0 Å². The maximum atomic E-state index is 10.0. The van der Waals surface area contributed by atoms with Crippen LogP contribution in [-0.4, -0.2) is 16.5 Å². The van der Waals surface area contributed by atoms with Gasteiger partial charge < -0.3 is 14.6 Å². The minimum absolute atomic E-state index is 0.149. The number of rotatable bonds is 2. The van der Waals surface area contributed by atoms with Gasteiger partial charge >= 0.3 is 0 Å². The van der Waals surface area contributed by atoms with Crippen LogP contribution >= 0.6 is 0 Å². The first-order chi connectivity index (χ1) is 4.79. The summed E-state index contributed by atoms with van der Waals surface area (Å²) in [5.74, 6) is -0.429. The summed E-state index contributed by atoms with van der Waals surface area (Å²) < 4.78 is 4.56. The van der Waals surface area contributed by atoms with Crippen LogP contribution in [0.15, 0.2) is 10.7 Å². The highest BCUT2D eigenvalue weighted by Gasteiger charge is 2.09. The Bertz CT molecular complexity index is 238. The zero-order valence-electron chi connectivity index (χ0n) is 5.07. The van der Waals surface area contributed by atoms with Crippen LogP contribution in [-0.2, 0) is 6.61 Å². The summed E-state index contributed by atoms with van der Waals surface area (Å²) in [6, 6.07) is 0. The first kappa shape index (κ1) is 6.82. The van der Waals surface area contributed by atoms with E-state index in [-0.39, 0.29) is 23.7 Å². The maximum absolute atomic E-state index is 10.0. The van der Waals surface area contributed by atoms with Crippen molar-refractivity contribution in [3.8, 4) is 5.75 Å².